The van der Waals surface area contributed by atoms with Crippen molar-refractivity contribution in [3.8, 4) is 0 Å². The molecule has 0 radical (unpaired) electrons. The molecule has 2 aliphatic rings. The van der Waals surface area contributed by atoms with Gasteiger partial charge in [-0.2, -0.15) is 0 Å². The van der Waals surface area contributed by atoms with E-state index in [2.05, 4.69) is 28.6 Å². The minimum Gasteiger partial charge on any atom is -0.397 e. The van der Waals surface area contributed by atoms with Crippen molar-refractivity contribution in [2.24, 2.45) is 0 Å². The number of piperazine rings is 1. The summed E-state index contributed by atoms with van der Waals surface area (Å²) in [7, 11) is 0. The number of anilines is 2. The van der Waals surface area contributed by atoms with Crippen LogP contribution in [0.2, 0.25) is 0 Å². The summed E-state index contributed by atoms with van der Waals surface area (Å²) in [4.78, 5) is 9.47. The van der Waals surface area contributed by atoms with Gasteiger partial charge in [0.05, 0.1) is 11.9 Å². The van der Waals surface area contributed by atoms with Gasteiger partial charge in [0.25, 0.3) is 0 Å². The highest BCUT2D eigenvalue weighted by atomic mass is 15.4. The lowest BCUT2D eigenvalue weighted by Crippen LogP contribution is -2.49. The molecule has 2 atom stereocenters. The fraction of sp³-hybridized carbons (Fsp3) is 0.615. The van der Waals surface area contributed by atoms with Crippen LogP contribution in [-0.2, 0) is 0 Å². The maximum atomic E-state index is 5.67. The van der Waals surface area contributed by atoms with Crippen LogP contribution in [0.5, 0.6) is 0 Å². The van der Waals surface area contributed by atoms with E-state index in [0.29, 0.717) is 18.1 Å². The van der Waals surface area contributed by atoms with Gasteiger partial charge in [-0.05, 0) is 32.4 Å². The Morgan fingerprint density at radius 2 is 2.12 bits per heavy atom. The third-order valence-corrected chi connectivity index (χ3v) is 4.01. The first kappa shape index (κ1) is 10.8. The minimum atomic E-state index is 0.638. The molecule has 1 aromatic rings. The Balaban J connectivity index is 1.76. The lowest BCUT2D eigenvalue weighted by atomic mass is 10.2. The molecule has 17 heavy (non-hydrogen) atoms. The second kappa shape index (κ2) is 3.88. The Morgan fingerprint density at radius 1 is 1.29 bits per heavy atom. The Hall–Kier alpha value is -1.29. The van der Waals surface area contributed by atoms with Crippen molar-refractivity contribution >= 4 is 11.5 Å². The van der Waals surface area contributed by atoms with E-state index in [-0.39, 0.29) is 0 Å². The molecule has 4 nitrogen and oxygen atoms in total. The average Bonchev–Trinajstić information content (AvgIpc) is 2.89. The van der Waals surface area contributed by atoms with Gasteiger partial charge in [-0.1, -0.05) is 0 Å². The number of hydrogen-bond donors (Lipinski definition) is 1. The number of nitrogen functional groups attached to an aromatic ring is 1. The van der Waals surface area contributed by atoms with Gasteiger partial charge >= 0.3 is 0 Å². The van der Waals surface area contributed by atoms with E-state index in [1.165, 1.54) is 13.0 Å². The van der Waals surface area contributed by atoms with Crippen molar-refractivity contribution < 1.29 is 0 Å². The predicted molar refractivity (Wildman–Crippen MR) is 70.0 cm³/mol. The number of aromatic nitrogens is 1. The van der Waals surface area contributed by atoms with E-state index in [9.17, 15) is 0 Å². The average molecular weight is 232 g/mol. The zero-order valence-corrected chi connectivity index (χ0v) is 10.5. The van der Waals surface area contributed by atoms with E-state index in [1.54, 1.807) is 6.20 Å². The van der Waals surface area contributed by atoms with Crippen LogP contribution in [0.3, 0.4) is 0 Å². The summed E-state index contributed by atoms with van der Waals surface area (Å²) in [6.07, 6.45) is 3.03. The molecule has 0 amide bonds. The third kappa shape index (κ3) is 1.76. The van der Waals surface area contributed by atoms with Gasteiger partial charge in [0.2, 0.25) is 0 Å². The normalized spacial score (nSPS) is 28.3. The summed E-state index contributed by atoms with van der Waals surface area (Å²) in [5.74, 6) is 1.08. The van der Waals surface area contributed by atoms with Crippen molar-refractivity contribution in [1.29, 1.82) is 0 Å². The first-order chi connectivity index (χ1) is 8.15. The van der Waals surface area contributed by atoms with Crippen LogP contribution in [0.4, 0.5) is 11.5 Å². The summed E-state index contributed by atoms with van der Waals surface area (Å²) in [6, 6.07) is 5.98. The third-order valence-electron chi connectivity index (χ3n) is 4.01. The number of pyridine rings is 1. The second-order valence-corrected chi connectivity index (χ2v) is 5.44. The van der Waals surface area contributed by atoms with Gasteiger partial charge in [-0.15, -0.1) is 0 Å². The molecule has 2 N–H and O–H groups in total. The van der Waals surface area contributed by atoms with E-state index in [1.807, 2.05) is 12.1 Å². The fourth-order valence-electron chi connectivity index (χ4n) is 3.18. The van der Waals surface area contributed by atoms with Gasteiger partial charge in [0, 0.05) is 31.2 Å². The molecule has 2 fully saturated rings. The molecule has 0 spiro atoms. The van der Waals surface area contributed by atoms with Gasteiger partial charge < -0.3 is 10.6 Å². The number of nitrogens with zero attached hydrogens (tertiary/aromatic N) is 3. The highest BCUT2D eigenvalue weighted by molar-refractivity contribution is 5.48. The van der Waals surface area contributed by atoms with Gasteiger partial charge in [0.1, 0.15) is 5.82 Å². The zero-order chi connectivity index (χ0) is 12.0. The van der Waals surface area contributed by atoms with E-state index in [0.717, 1.165) is 18.1 Å². The van der Waals surface area contributed by atoms with Crippen molar-refractivity contribution in [2.45, 2.75) is 38.4 Å². The van der Waals surface area contributed by atoms with E-state index < -0.39 is 0 Å². The van der Waals surface area contributed by atoms with Crippen molar-refractivity contribution in [3.05, 3.63) is 18.3 Å². The van der Waals surface area contributed by atoms with Crippen LogP contribution in [-0.4, -0.2) is 41.1 Å². The second-order valence-electron chi connectivity index (χ2n) is 5.44. The van der Waals surface area contributed by atoms with Gasteiger partial charge in [-0.25, -0.2) is 4.98 Å². The first-order valence-electron chi connectivity index (χ1n) is 6.39. The minimum absolute atomic E-state index is 0.638. The molecule has 3 heterocycles. The fourth-order valence-corrected chi connectivity index (χ4v) is 3.18. The Bertz CT molecular complexity index is 400. The number of hydrogen-bond acceptors (Lipinski definition) is 4. The molecule has 0 aliphatic carbocycles. The van der Waals surface area contributed by atoms with Gasteiger partial charge in [0.15, 0.2) is 0 Å². The van der Waals surface area contributed by atoms with Crippen molar-refractivity contribution in [2.75, 3.05) is 23.7 Å². The van der Waals surface area contributed by atoms with Crippen LogP contribution < -0.4 is 10.6 Å². The Kier molecular flexibility index (Phi) is 2.47. The number of rotatable bonds is 2. The van der Waals surface area contributed by atoms with Crippen molar-refractivity contribution in [3.63, 3.8) is 0 Å². The van der Waals surface area contributed by atoms with Crippen LogP contribution in [0.15, 0.2) is 18.3 Å². The molecule has 2 saturated heterocycles. The van der Waals surface area contributed by atoms with Crippen LogP contribution in [0, 0.1) is 0 Å². The summed E-state index contributed by atoms with van der Waals surface area (Å²) in [5, 5.41) is 0. The highest BCUT2D eigenvalue weighted by Crippen LogP contribution is 2.34. The standard InChI is InChI=1S/C13H20N4/c1-9(2)16-7-12-5-11(16)8-17(12)13-4-3-10(14)6-15-13/h3-4,6,9,11-12H,5,7-8,14H2,1-2H3. The van der Waals surface area contributed by atoms with Crippen LogP contribution >= 0.6 is 0 Å². The number of nitrogens with two attached hydrogens (primary N) is 1. The largest absolute Gasteiger partial charge is 0.397 e. The molecule has 92 valence electrons. The molecule has 3 rings (SSSR count). The summed E-state index contributed by atoms with van der Waals surface area (Å²) >= 11 is 0. The summed E-state index contributed by atoms with van der Waals surface area (Å²) in [6.45, 7) is 6.85. The van der Waals surface area contributed by atoms with E-state index >= 15 is 0 Å². The molecular formula is C13H20N4. The highest BCUT2D eigenvalue weighted by Gasteiger charge is 2.44. The lowest BCUT2D eigenvalue weighted by Gasteiger charge is -2.37. The van der Waals surface area contributed by atoms with E-state index in [4.69, 9.17) is 5.73 Å². The number of likely N-dealkylation sites (tertiary alicyclic amines) is 1. The van der Waals surface area contributed by atoms with Crippen LogP contribution in [0.1, 0.15) is 20.3 Å². The molecule has 4 heteroatoms. The Labute approximate surface area is 102 Å². The molecule has 2 unspecified atom stereocenters. The quantitative estimate of drug-likeness (QED) is 0.835. The predicted octanol–water partition coefficient (Wildman–Crippen LogP) is 1.34. The Morgan fingerprint density at radius 3 is 2.65 bits per heavy atom. The molecular weight excluding hydrogens is 212 g/mol. The monoisotopic (exact) mass is 232 g/mol. The van der Waals surface area contributed by atoms with Crippen molar-refractivity contribution in [1.82, 2.24) is 9.88 Å². The maximum Gasteiger partial charge on any atom is 0.128 e. The molecule has 1 aromatic heterocycles. The summed E-state index contributed by atoms with van der Waals surface area (Å²) < 4.78 is 0. The molecule has 0 aromatic carbocycles. The molecule has 2 aliphatic heterocycles. The number of fused-ring (bicyclic) bond motifs is 2. The smallest absolute Gasteiger partial charge is 0.128 e. The zero-order valence-electron chi connectivity index (χ0n) is 10.5. The molecule has 2 bridgehead atoms. The molecule has 0 saturated carbocycles. The maximum absolute atomic E-state index is 5.67. The van der Waals surface area contributed by atoms with Gasteiger partial charge in [-0.3, -0.25) is 4.90 Å². The lowest BCUT2D eigenvalue weighted by molar-refractivity contribution is 0.191. The van der Waals surface area contributed by atoms with Crippen LogP contribution in [0.25, 0.3) is 0 Å². The topological polar surface area (TPSA) is 45.4 Å². The first-order valence-corrected chi connectivity index (χ1v) is 6.39. The SMILES string of the molecule is CC(C)N1CC2CC1CN2c1ccc(N)cn1. The summed E-state index contributed by atoms with van der Waals surface area (Å²) in [5.41, 5.74) is 6.41.